The average molecular weight is 181 g/mol. The van der Waals surface area contributed by atoms with Crippen molar-refractivity contribution in [2.45, 2.75) is 6.92 Å². The summed E-state index contributed by atoms with van der Waals surface area (Å²) in [5, 5.41) is 2.13. The van der Waals surface area contributed by atoms with E-state index in [1.807, 2.05) is 6.92 Å². The van der Waals surface area contributed by atoms with Crippen LogP contribution in [0.3, 0.4) is 0 Å². The molecule has 0 spiro atoms. The fourth-order valence-electron chi connectivity index (χ4n) is 0.303. The van der Waals surface area contributed by atoms with Gasteiger partial charge in [0.25, 0.3) is 6.49 Å². The van der Waals surface area contributed by atoms with Gasteiger partial charge < -0.3 is 0 Å². The van der Waals surface area contributed by atoms with Crippen molar-refractivity contribution in [3.63, 3.8) is 0 Å². The topological polar surface area (TPSA) is 29.4 Å². The molecule has 0 saturated carbocycles. The molecular formula is C4H8NOPS2. The summed E-state index contributed by atoms with van der Waals surface area (Å²) in [6.07, 6.45) is 2.32. The lowest BCUT2D eigenvalue weighted by molar-refractivity contribution is 0.587. The van der Waals surface area contributed by atoms with E-state index in [9.17, 15) is 4.57 Å². The molecule has 9 heavy (non-hydrogen) atoms. The van der Waals surface area contributed by atoms with Crippen molar-refractivity contribution in [2.24, 2.45) is 4.76 Å². The van der Waals surface area contributed by atoms with Crippen molar-refractivity contribution in [1.82, 2.24) is 0 Å². The Kier molecular flexibility index (Phi) is 4.41. The molecule has 0 aromatic rings. The van der Waals surface area contributed by atoms with Crippen LogP contribution in [0.1, 0.15) is 6.92 Å². The molecule has 0 aromatic carbocycles. The van der Waals surface area contributed by atoms with Gasteiger partial charge >= 0.3 is 0 Å². The Morgan fingerprint density at radius 3 is 2.56 bits per heavy atom. The average Bonchev–Trinajstić information content (AvgIpc) is 1.89. The van der Waals surface area contributed by atoms with Crippen LogP contribution in [0.15, 0.2) is 4.76 Å². The van der Waals surface area contributed by atoms with Crippen LogP contribution in [0.25, 0.3) is 0 Å². The molecule has 1 atom stereocenters. The molecule has 0 N–H and O–H groups in total. The fraction of sp³-hybridized carbons (Fsp3) is 0.750. The van der Waals surface area contributed by atoms with Gasteiger partial charge in [0, 0.05) is 6.16 Å². The third-order valence-corrected chi connectivity index (χ3v) is 5.61. The molecule has 0 saturated heterocycles. The molecule has 1 unspecified atom stereocenters. The summed E-state index contributed by atoms with van der Waals surface area (Å²) in [6, 6.07) is 0. The Bertz CT molecular complexity index is 167. The zero-order valence-corrected chi connectivity index (χ0v) is 7.85. The zero-order valence-electron chi connectivity index (χ0n) is 5.33. The number of hydrogen-bond acceptors (Lipinski definition) is 3. The minimum absolute atomic E-state index is 0.553. The van der Waals surface area contributed by atoms with Crippen molar-refractivity contribution in [2.75, 3.05) is 12.4 Å². The molecule has 0 aliphatic carbocycles. The summed E-state index contributed by atoms with van der Waals surface area (Å²) in [6.45, 7) is -0.528. The van der Waals surface area contributed by atoms with Crippen LogP contribution in [0.5, 0.6) is 0 Å². The predicted octanol–water partition coefficient (Wildman–Crippen LogP) is 2.67. The molecule has 0 bridgehead atoms. The van der Waals surface area contributed by atoms with Gasteiger partial charge in [-0.1, -0.05) is 18.3 Å². The lowest BCUT2D eigenvalue weighted by atomic mass is 11.0. The molecular weight excluding hydrogens is 173 g/mol. The molecule has 0 amide bonds. The van der Waals surface area contributed by atoms with Crippen LogP contribution in [-0.4, -0.2) is 17.6 Å². The minimum Gasteiger partial charge on any atom is -0.286 e. The zero-order chi connectivity index (χ0) is 7.33. The first-order valence-corrected chi connectivity index (χ1v) is 6.51. The number of thiocarbonyl (C=S) groups is 1. The summed E-state index contributed by atoms with van der Waals surface area (Å²) in [5.41, 5.74) is 0. The maximum absolute atomic E-state index is 11.2. The van der Waals surface area contributed by atoms with Gasteiger partial charge in [-0.3, -0.25) is 4.57 Å². The minimum atomic E-state index is -2.35. The molecule has 0 aromatic heterocycles. The van der Waals surface area contributed by atoms with Crippen LogP contribution < -0.4 is 0 Å². The van der Waals surface area contributed by atoms with Crippen LogP contribution in [0.2, 0.25) is 0 Å². The lowest BCUT2D eigenvalue weighted by Gasteiger charge is -2.01. The van der Waals surface area contributed by atoms with Crippen molar-refractivity contribution >= 4 is 35.3 Å². The van der Waals surface area contributed by atoms with Gasteiger partial charge in [-0.2, -0.15) is 4.76 Å². The number of hydrogen-bond donors (Lipinski definition) is 0. The molecule has 0 aliphatic heterocycles. The van der Waals surface area contributed by atoms with E-state index in [1.165, 1.54) is 11.4 Å². The van der Waals surface area contributed by atoms with Crippen molar-refractivity contribution in [3.8, 4) is 0 Å². The van der Waals surface area contributed by atoms with Crippen LogP contribution >= 0.6 is 30.1 Å². The smallest absolute Gasteiger partial charge is 0.251 e. The second kappa shape index (κ2) is 4.24. The second-order valence-electron chi connectivity index (χ2n) is 1.33. The van der Waals surface area contributed by atoms with Gasteiger partial charge in [-0.05, 0) is 18.5 Å². The van der Waals surface area contributed by atoms with E-state index in [0.717, 1.165) is 0 Å². The van der Waals surface area contributed by atoms with Gasteiger partial charge in [-0.25, -0.2) is 0 Å². The van der Waals surface area contributed by atoms with E-state index < -0.39 is 6.49 Å². The van der Waals surface area contributed by atoms with E-state index in [4.69, 9.17) is 0 Å². The van der Waals surface area contributed by atoms with Gasteiger partial charge in [0.1, 0.15) is 0 Å². The Morgan fingerprint density at radius 1 is 1.89 bits per heavy atom. The maximum atomic E-state index is 11.2. The standard InChI is InChI=1S/C4H8NOPS2/c1-3-7(6,9-2)5-4-8/h3H2,1-2H3. The predicted molar refractivity (Wildman–Crippen MR) is 46.7 cm³/mol. The fourth-order valence-corrected chi connectivity index (χ4v) is 2.60. The third-order valence-electron chi connectivity index (χ3n) is 0.878. The van der Waals surface area contributed by atoms with Crippen molar-refractivity contribution in [1.29, 1.82) is 0 Å². The number of rotatable bonds is 3. The summed E-state index contributed by atoms with van der Waals surface area (Å²) >= 11 is 5.59. The molecule has 0 aliphatic rings. The summed E-state index contributed by atoms with van der Waals surface area (Å²) in [4.78, 5) is 0. The molecule has 0 radical (unpaired) electrons. The van der Waals surface area contributed by atoms with Gasteiger partial charge in [0.05, 0.1) is 5.16 Å². The highest BCUT2D eigenvalue weighted by molar-refractivity contribution is 8.57. The monoisotopic (exact) mass is 181 g/mol. The van der Waals surface area contributed by atoms with E-state index in [2.05, 4.69) is 22.1 Å². The Balaban J connectivity index is 4.28. The maximum Gasteiger partial charge on any atom is 0.251 e. The molecule has 2 nitrogen and oxygen atoms in total. The van der Waals surface area contributed by atoms with Crippen LogP contribution in [-0.2, 0) is 4.57 Å². The molecule has 0 rings (SSSR count). The Morgan fingerprint density at radius 2 is 2.44 bits per heavy atom. The summed E-state index contributed by atoms with van der Waals surface area (Å²) in [5.74, 6) is 0. The molecule has 5 heteroatoms. The molecule has 52 valence electrons. The SMILES string of the molecule is CCP(=O)(N=C=S)SC. The van der Waals surface area contributed by atoms with Crippen molar-refractivity contribution in [3.05, 3.63) is 0 Å². The first-order valence-electron chi connectivity index (χ1n) is 2.42. The normalized spacial score (nSPS) is 15.8. The first-order chi connectivity index (χ1) is 4.18. The summed E-state index contributed by atoms with van der Waals surface area (Å²) < 4.78 is 14.8. The number of nitrogens with zero attached hydrogens (tertiary/aromatic N) is 1. The van der Waals surface area contributed by atoms with Gasteiger partial charge in [0.2, 0.25) is 0 Å². The third kappa shape index (κ3) is 3.17. The first kappa shape index (κ1) is 9.38. The number of isothiocyanates is 1. The quantitative estimate of drug-likeness (QED) is 0.381. The highest BCUT2D eigenvalue weighted by Gasteiger charge is 2.14. The van der Waals surface area contributed by atoms with E-state index in [0.29, 0.717) is 6.16 Å². The summed E-state index contributed by atoms with van der Waals surface area (Å²) in [7, 11) is 0. The molecule has 0 heterocycles. The highest BCUT2D eigenvalue weighted by atomic mass is 32.7. The van der Waals surface area contributed by atoms with E-state index in [1.54, 1.807) is 6.26 Å². The van der Waals surface area contributed by atoms with Crippen LogP contribution in [0.4, 0.5) is 0 Å². The largest absolute Gasteiger partial charge is 0.286 e. The van der Waals surface area contributed by atoms with Crippen molar-refractivity contribution < 1.29 is 4.57 Å². The van der Waals surface area contributed by atoms with Crippen LogP contribution in [0, 0.1) is 0 Å². The lowest BCUT2D eigenvalue weighted by Crippen LogP contribution is -1.72. The van der Waals surface area contributed by atoms with Gasteiger partial charge in [0.15, 0.2) is 0 Å². The van der Waals surface area contributed by atoms with E-state index >= 15 is 0 Å². The van der Waals surface area contributed by atoms with Gasteiger partial charge in [-0.15, -0.1) is 0 Å². The van der Waals surface area contributed by atoms with E-state index in [-0.39, 0.29) is 0 Å². The molecule has 0 fully saturated rings. The highest BCUT2D eigenvalue weighted by Crippen LogP contribution is 2.57. The Hall–Kier alpha value is 0.380. The Labute approximate surface area is 64.3 Å². The second-order valence-corrected chi connectivity index (χ2v) is 6.79.